The van der Waals surface area contributed by atoms with E-state index in [-0.39, 0.29) is 18.1 Å². The number of carbonyl (C=O) groups is 1. The first-order valence-corrected chi connectivity index (χ1v) is 13.0. The van der Waals surface area contributed by atoms with Crippen LogP contribution in [0.4, 0.5) is 0 Å². The van der Waals surface area contributed by atoms with Gasteiger partial charge in [0.15, 0.2) is 0 Å². The fourth-order valence-electron chi connectivity index (χ4n) is 5.33. The first-order chi connectivity index (χ1) is 16.6. The fourth-order valence-corrected chi connectivity index (χ4v) is 5.33. The van der Waals surface area contributed by atoms with Crippen molar-refractivity contribution in [3.63, 3.8) is 0 Å². The lowest BCUT2D eigenvalue weighted by molar-refractivity contribution is 0.0678. The lowest BCUT2D eigenvalue weighted by Gasteiger charge is -2.31. The number of rotatable bonds is 7. The number of aromatic nitrogens is 1. The lowest BCUT2D eigenvalue weighted by atomic mass is 9.87. The summed E-state index contributed by atoms with van der Waals surface area (Å²) in [6.45, 7) is 7.19. The molecule has 1 aliphatic carbocycles. The summed E-state index contributed by atoms with van der Waals surface area (Å²) in [5.74, 6) is 1.42. The molecule has 2 aromatic rings. The maximum Gasteiger partial charge on any atom is 0.270 e. The third-order valence-electron chi connectivity index (χ3n) is 7.55. The van der Waals surface area contributed by atoms with Gasteiger partial charge in [-0.15, -0.1) is 0 Å². The fraction of sp³-hybridized carbons (Fsp3) is 0.571. The van der Waals surface area contributed by atoms with E-state index in [0.29, 0.717) is 18.1 Å². The van der Waals surface area contributed by atoms with Crippen LogP contribution < -0.4 is 10.1 Å². The molecule has 5 rings (SSSR count). The summed E-state index contributed by atoms with van der Waals surface area (Å²) in [6.07, 6.45) is 9.41. The van der Waals surface area contributed by atoms with E-state index >= 15 is 0 Å². The number of ether oxygens (including phenoxy) is 2. The molecule has 1 N–H and O–H groups in total. The first kappa shape index (κ1) is 23.3. The minimum atomic E-state index is -0.116. The summed E-state index contributed by atoms with van der Waals surface area (Å²) in [7, 11) is 0. The lowest BCUT2D eigenvalue weighted by Crippen LogP contribution is -2.39. The van der Waals surface area contributed by atoms with E-state index in [1.165, 1.54) is 42.6 Å². The van der Waals surface area contributed by atoms with Gasteiger partial charge in [-0.05, 0) is 92.8 Å². The number of amides is 1. The molecule has 0 unspecified atom stereocenters. The second-order valence-corrected chi connectivity index (χ2v) is 10.3. The minimum Gasteiger partial charge on any atom is -0.489 e. The van der Waals surface area contributed by atoms with Crippen molar-refractivity contribution in [2.24, 2.45) is 5.92 Å². The molecule has 0 spiro atoms. The molecule has 2 aliphatic heterocycles. The topological polar surface area (TPSA) is 63.7 Å². The zero-order valence-electron chi connectivity index (χ0n) is 20.3. The number of aryl methyl sites for hydroxylation is 1. The Morgan fingerprint density at radius 1 is 1.15 bits per heavy atom. The Bertz CT molecular complexity index is 963. The highest BCUT2D eigenvalue weighted by Gasteiger charge is 2.23. The Balaban J connectivity index is 1.11. The van der Waals surface area contributed by atoms with Crippen LogP contribution in [0.2, 0.25) is 0 Å². The van der Waals surface area contributed by atoms with Gasteiger partial charge >= 0.3 is 0 Å². The van der Waals surface area contributed by atoms with Gasteiger partial charge in [-0.2, -0.15) is 0 Å². The van der Waals surface area contributed by atoms with Gasteiger partial charge in [0.25, 0.3) is 5.91 Å². The molecular formula is C28H37N3O3. The van der Waals surface area contributed by atoms with Crippen LogP contribution in [0.15, 0.2) is 36.5 Å². The Hall–Kier alpha value is -2.44. The van der Waals surface area contributed by atoms with Gasteiger partial charge in [-0.25, -0.2) is 4.98 Å². The number of hydrogen-bond acceptors (Lipinski definition) is 5. The number of nitrogens with zero attached hydrogens (tertiary/aromatic N) is 2. The summed E-state index contributed by atoms with van der Waals surface area (Å²) in [6, 6.07) is 10.6. The van der Waals surface area contributed by atoms with Crippen molar-refractivity contribution in [1.29, 1.82) is 0 Å². The van der Waals surface area contributed by atoms with Crippen LogP contribution in [0.25, 0.3) is 0 Å². The quantitative estimate of drug-likeness (QED) is 0.668. The monoisotopic (exact) mass is 463 g/mol. The van der Waals surface area contributed by atoms with Crippen LogP contribution >= 0.6 is 0 Å². The molecule has 0 saturated carbocycles. The summed E-state index contributed by atoms with van der Waals surface area (Å²) in [5.41, 5.74) is 4.65. The SMILES string of the molecule is CC1CCN(Cc2ccc3c(c2)CC[C@H](NC(=O)c2ccc(OC[C@@H]4CCCO4)cn2)C3)CC1. The van der Waals surface area contributed by atoms with Crippen LogP contribution in [-0.2, 0) is 24.1 Å². The van der Waals surface area contributed by atoms with Crippen molar-refractivity contribution < 1.29 is 14.3 Å². The molecule has 2 fully saturated rings. The molecular weight excluding hydrogens is 426 g/mol. The van der Waals surface area contributed by atoms with Crippen molar-refractivity contribution in [2.45, 2.75) is 70.6 Å². The summed E-state index contributed by atoms with van der Waals surface area (Å²) in [4.78, 5) is 19.7. The van der Waals surface area contributed by atoms with Crippen molar-refractivity contribution in [1.82, 2.24) is 15.2 Å². The standard InChI is InChI=1S/C28H37N3O3/c1-20-10-12-31(13-11-20)18-21-4-5-23-16-24(7-6-22(23)15-21)30-28(32)27-9-8-25(17-29-27)34-19-26-3-2-14-33-26/h4-5,8-9,15,17,20,24,26H,2-3,6-7,10-14,16,18-19H2,1H3,(H,30,32)/t24-,26-/m0/s1. The average molecular weight is 464 g/mol. The Morgan fingerprint density at radius 3 is 2.79 bits per heavy atom. The van der Waals surface area contributed by atoms with E-state index < -0.39 is 0 Å². The van der Waals surface area contributed by atoms with Crippen molar-refractivity contribution in [2.75, 3.05) is 26.3 Å². The maximum absolute atomic E-state index is 12.8. The molecule has 0 bridgehead atoms. The van der Waals surface area contributed by atoms with Crippen molar-refractivity contribution in [3.05, 3.63) is 58.9 Å². The predicted molar refractivity (Wildman–Crippen MR) is 132 cm³/mol. The molecule has 3 heterocycles. The highest BCUT2D eigenvalue weighted by molar-refractivity contribution is 5.92. The average Bonchev–Trinajstić information content (AvgIpc) is 3.38. The zero-order chi connectivity index (χ0) is 23.3. The minimum absolute atomic E-state index is 0.116. The number of pyridine rings is 1. The predicted octanol–water partition coefficient (Wildman–Crippen LogP) is 4.16. The molecule has 1 aromatic heterocycles. The van der Waals surface area contributed by atoms with Gasteiger partial charge in [0.1, 0.15) is 18.1 Å². The van der Waals surface area contributed by atoms with Crippen molar-refractivity contribution >= 4 is 5.91 Å². The third kappa shape index (κ3) is 5.97. The highest BCUT2D eigenvalue weighted by atomic mass is 16.5. The number of likely N-dealkylation sites (tertiary alicyclic amines) is 1. The summed E-state index contributed by atoms with van der Waals surface area (Å²) >= 11 is 0. The number of hydrogen-bond donors (Lipinski definition) is 1. The number of fused-ring (bicyclic) bond motifs is 1. The molecule has 6 heteroatoms. The van der Waals surface area contributed by atoms with Gasteiger partial charge in [0.05, 0.1) is 12.3 Å². The zero-order valence-corrected chi connectivity index (χ0v) is 20.3. The van der Waals surface area contributed by atoms with Crippen LogP contribution in [0.1, 0.15) is 66.2 Å². The molecule has 182 valence electrons. The Kier molecular flexibility index (Phi) is 7.45. The summed E-state index contributed by atoms with van der Waals surface area (Å²) < 4.78 is 11.3. The van der Waals surface area contributed by atoms with Crippen molar-refractivity contribution in [3.8, 4) is 5.75 Å². The van der Waals surface area contributed by atoms with Crippen LogP contribution in [-0.4, -0.2) is 54.2 Å². The van der Waals surface area contributed by atoms with Gasteiger partial charge in [0, 0.05) is 19.2 Å². The van der Waals surface area contributed by atoms with Crippen LogP contribution in [0.3, 0.4) is 0 Å². The largest absolute Gasteiger partial charge is 0.489 e. The van der Waals surface area contributed by atoms with Gasteiger partial charge in [0.2, 0.25) is 0 Å². The molecule has 1 aromatic carbocycles. The third-order valence-corrected chi connectivity index (χ3v) is 7.55. The van der Waals surface area contributed by atoms with Crippen LogP contribution in [0.5, 0.6) is 5.75 Å². The van der Waals surface area contributed by atoms with E-state index in [2.05, 4.69) is 40.3 Å². The van der Waals surface area contributed by atoms with Gasteiger partial charge in [-0.3, -0.25) is 9.69 Å². The number of nitrogens with one attached hydrogen (secondary N) is 1. The molecule has 6 nitrogen and oxygen atoms in total. The Labute approximate surface area is 203 Å². The number of piperidine rings is 1. The molecule has 1 amide bonds. The van der Waals surface area contributed by atoms with Gasteiger partial charge < -0.3 is 14.8 Å². The molecule has 34 heavy (non-hydrogen) atoms. The van der Waals surface area contributed by atoms with E-state index in [1.54, 1.807) is 12.3 Å². The highest BCUT2D eigenvalue weighted by Crippen LogP contribution is 2.25. The Morgan fingerprint density at radius 2 is 2.03 bits per heavy atom. The summed E-state index contributed by atoms with van der Waals surface area (Å²) in [5, 5.41) is 3.19. The molecule has 2 atom stereocenters. The molecule has 3 aliphatic rings. The van der Waals surface area contributed by atoms with Gasteiger partial charge in [-0.1, -0.05) is 25.1 Å². The normalized spacial score (nSPS) is 23.4. The van der Waals surface area contributed by atoms with E-state index in [9.17, 15) is 4.79 Å². The van der Waals surface area contributed by atoms with E-state index in [4.69, 9.17) is 9.47 Å². The maximum atomic E-state index is 12.8. The van der Waals surface area contributed by atoms with E-state index in [1.807, 2.05) is 6.07 Å². The number of benzene rings is 1. The molecule has 0 radical (unpaired) electrons. The first-order valence-electron chi connectivity index (χ1n) is 13.0. The smallest absolute Gasteiger partial charge is 0.270 e. The van der Waals surface area contributed by atoms with E-state index in [0.717, 1.165) is 51.2 Å². The molecule has 2 saturated heterocycles. The van der Waals surface area contributed by atoms with Crippen LogP contribution in [0, 0.1) is 5.92 Å². The second kappa shape index (κ2) is 10.9. The second-order valence-electron chi connectivity index (χ2n) is 10.3. The number of carbonyl (C=O) groups excluding carboxylic acids is 1.